The number of ether oxygens (including phenoxy) is 2. The van der Waals surface area contributed by atoms with Crippen LogP contribution < -0.4 is 14.8 Å². The van der Waals surface area contributed by atoms with E-state index in [0.717, 1.165) is 22.4 Å². The molecular weight excluding hydrogens is 528 g/mol. The third-order valence-electron chi connectivity index (χ3n) is 7.89. The number of benzene rings is 3. The second kappa shape index (κ2) is 13.0. The van der Waals surface area contributed by atoms with Gasteiger partial charge in [0.15, 0.2) is 12.4 Å². The molecule has 0 aromatic heterocycles. The average molecular weight is 571 g/mol. The van der Waals surface area contributed by atoms with Gasteiger partial charge in [0.2, 0.25) is 0 Å². The molecule has 0 saturated carbocycles. The van der Waals surface area contributed by atoms with Crippen molar-refractivity contribution in [2.24, 2.45) is 5.92 Å². The van der Waals surface area contributed by atoms with Gasteiger partial charge in [-0.3, -0.25) is 0 Å². The number of carbonyl (C=O) groups excluding carboxylic acids is 1. The van der Waals surface area contributed by atoms with Gasteiger partial charge in [-0.15, -0.1) is 13.2 Å². The Labute approximate surface area is 245 Å². The number of hydrogen-bond acceptors (Lipinski definition) is 5. The second-order valence-corrected chi connectivity index (χ2v) is 16.0. The summed E-state index contributed by atoms with van der Waals surface area (Å²) in [5, 5.41) is 12.5. The summed E-state index contributed by atoms with van der Waals surface area (Å²) in [6.07, 6.45) is 3.02. The van der Waals surface area contributed by atoms with Gasteiger partial charge < -0.3 is 19.0 Å². The van der Waals surface area contributed by atoms with E-state index >= 15 is 0 Å². The fourth-order valence-electron chi connectivity index (χ4n) is 5.78. The van der Waals surface area contributed by atoms with Crippen molar-refractivity contribution in [2.75, 3.05) is 0 Å². The topological polar surface area (TPSA) is 65.0 Å². The Morgan fingerprint density at radius 1 is 1.00 bits per heavy atom. The maximum absolute atomic E-state index is 14.0. The molecule has 1 aliphatic rings. The molecule has 1 heterocycles. The van der Waals surface area contributed by atoms with Crippen LogP contribution in [0.2, 0.25) is 5.04 Å². The first-order chi connectivity index (χ1) is 19.6. The minimum absolute atomic E-state index is 0.146. The zero-order valence-electron chi connectivity index (χ0n) is 24.6. The van der Waals surface area contributed by atoms with Gasteiger partial charge >= 0.3 is 14.3 Å². The Bertz CT molecular complexity index is 1290. The van der Waals surface area contributed by atoms with E-state index in [1.54, 1.807) is 6.08 Å². The lowest BCUT2D eigenvalue weighted by atomic mass is 9.98. The summed E-state index contributed by atoms with van der Waals surface area (Å²) in [5.74, 6) is 0.0710. The molecule has 0 amide bonds. The first-order valence-corrected chi connectivity index (χ1v) is 16.2. The second-order valence-electron chi connectivity index (χ2n) is 11.8. The van der Waals surface area contributed by atoms with E-state index in [1.807, 2.05) is 67.6 Å². The Morgan fingerprint density at radius 2 is 1.61 bits per heavy atom. The molecule has 6 heteroatoms. The van der Waals surface area contributed by atoms with Crippen LogP contribution in [0, 0.1) is 5.92 Å². The smallest absolute Gasteiger partial charge is 0.342 e. The number of allylic oxidation sites excluding steroid dienone is 2. The van der Waals surface area contributed by atoms with Gasteiger partial charge in [-0.25, -0.2) is 4.79 Å². The van der Waals surface area contributed by atoms with Gasteiger partial charge in [-0.2, -0.15) is 0 Å². The van der Waals surface area contributed by atoms with E-state index in [9.17, 15) is 9.90 Å². The molecule has 1 fully saturated rings. The van der Waals surface area contributed by atoms with Crippen molar-refractivity contribution in [1.29, 1.82) is 0 Å². The Morgan fingerprint density at radius 3 is 2.15 bits per heavy atom. The minimum atomic E-state index is -3.02. The highest BCUT2D eigenvalue weighted by atomic mass is 28.4. The summed E-state index contributed by atoms with van der Waals surface area (Å²) in [4.78, 5) is 14.0. The van der Waals surface area contributed by atoms with Gasteiger partial charge in [0.05, 0.1) is 6.10 Å². The van der Waals surface area contributed by atoms with E-state index in [1.165, 1.54) is 0 Å². The summed E-state index contributed by atoms with van der Waals surface area (Å²) < 4.78 is 19.0. The normalized spacial score (nSPS) is 19.8. The molecular formula is C35H42O5Si. The highest BCUT2D eigenvalue weighted by Crippen LogP contribution is 2.39. The molecule has 0 bridgehead atoms. The molecule has 0 spiro atoms. The largest absolute Gasteiger partial charge is 0.533 e. The predicted octanol–water partition coefficient (Wildman–Crippen LogP) is 6.20. The van der Waals surface area contributed by atoms with Crippen molar-refractivity contribution in [3.05, 3.63) is 115 Å². The molecule has 3 aromatic rings. The fourth-order valence-corrected chi connectivity index (χ4v) is 10.2. The number of esters is 1. The van der Waals surface area contributed by atoms with Crippen molar-refractivity contribution in [1.82, 2.24) is 0 Å². The molecule has 41 heavy (non-hydrogen) atoms. The molecule has 0 aliphatic carbocycles. The molecule has 0 radical (unpaired) electrons. The van der Waals surface area contributed by atoms with E-state index in [4.69, 9.17) is 13.9 Å². The average Bonchev–Trinajstić information content (AvgIpc) is 3.32. The van der Waals surface area contributed by atoms with Crippen molar-refractivity contribution in [3.8, 4) is 5.75 Å². The van der Waals surface area contributed by atoms with E-state index in [2.05, 4.69) is 58.2 Å². The number of hydrogen-bond donors (Lipinski definition) is 1. The van der Waals surface area contributed by atoms with E-state index in [0.29, 0.717) is 24.2 Å². The Kier molecular flexibility index (Phi) is 9.69. The molecule has 5 nitrogen and oxygen atoms in total. The van der Waals surface area contributed by atoms with Crippen molar-refractivity contribution in [3.63, 3.8) is 0 Å². The van der Waals surface area contributed by atoms with Crippen LogP contribution in [-0.4, -0.2) is 37.9 Å². The first kappa shape index (κ1) is 30.5. The molecule has 1 unspecified atom stereocenters. The van der Waals surface area contributed by atoms with Crippen LogP contribution in [0.5, 0.6) is 5.75 Å². The maximum atomic E-state index is 14.0. The lowest BCUT2D eigenvalue weighted by molar-refractivity contribution is -0.136. The minimum Gasteiger partial charge on any atom is -0.533 e. The number of carbonyl (C=O) groups is 1. The zero-order valence-corrected chi connectivity index (χ0v) is 25.6. The van der Waals surface area contributed by atoms with Crippen LogP contribution in [0.25, 0.3) is 0 Å². The van der Waals surface area contributed by atoms with E-state index in [-0.39, 0.29) is 17.1 Å². The maximum Gasteiger partial charge on any atom is 0.342 e. The van der Waals surface area contributed by atoms with Gasteiger partial charge in [-0.1, -0.05) is 113 Å². The van der Waals surface area contributed by atoms with Crippen LogP contribution in [0.4, 0.5) is 0 Å². The molecule has 216 valence electrons. The molecule has 4 atom stereocenters. The summed E-state index contributed by atoms with van der Waals surface area (Å²) in [6.45, 7) is 16.3. The summed E-state index contributed by atoms with van der Waals surface area (Å²) in [6, 6.07) is 26.2. The standard InChI is InChI=1S/C35H42O5Si/c1-7-16-25(3)30-24-31(33(36)38-30)39-34(37)32-26(17-8-2)18-15-23-29(32)40-41(35(4,5)6,27-19-11-9-12-20-27)28-21-13-10-14-22-28/h7-15,18-23,25,30-31,33,36H,1-2,16-17,24H2,3-6H3/t25-,30+,31+,33?/m1/s1. The van der Waals surface area contributed by atoms with Crippen LogP contribution in [0.1, 0.15) is 56.5 Å². The fraction of sp³-hybridized carbons (Fsp3) is 0.343. The van der Waals surface area contributed by atoms with Gasteiger partial charge in [0, 0.05) is 6.42 Å². The number of rotatable bonds is 11. The molecule has 4 rings (SSSR count). The van der Waals surface area contributed by atoms with E-state index < -0.39 is 26.7 Å². The Hall–Kier alpha value is -3.45. The third kappa shape index (κ3) is 6.40. The van der Waals surface area contributed by atoms with Crippen molar-refractivity contribution < 1.29 is 23.8 Å². The summed E-state index contributed by atoms with van der Waals surface area (Å²) >= 11 is 0. The van der Waals surface area contributed by atoms with Crippen molar-refractivity contribution >= 4 is 24.7 Å². The highest BCUT2D eigenvalue weighted by Gasteiger charge is 2.52. The first-order valence-electron chi connectivity index (χ1n) is 14.3. The van der Waals surface area contributed by atoms with Crippen LogP contribution in [-0.2, 0) is 15.9 Å². The lowest BCUT2D eigenvalue weighted by Gasteiger charge is -2.43. The van der Waals surface area contributed by atoms with Crippen molar-refractivity contribution in [2.45, 2.75) is 70.5 Å². The van der Waals surface area contributed by atoms with Gasteiger partial charge in [0.1, 0.15) is 11.3 Å². The molecule has 1 N–H and O–H groups in total. The third-order valence-corrected chi connectivity index (χ3v) is 12.8. The summed E-state index contributed by atoms with van der Waals surface area (Å²) in [5.41, 5.74) is 1.11. The molecule has 1 saturated heterocycles. The number of aliphatic hydroxyl groups is 1. The van der Waals surface area contributed by atoms with Crippen LogP contribution in [0.15, 0.2) is 104 Å². The van der Waals surface area contributed by atoms with Gasteiger partial charge in [0.25, 0.3) is 0 Å². The SMILES string of the molecule is C=CCc1cccc(O[Si](c2ccccc2)(c2ccccc2)C(C)(C)C)c1C(=O)O[C@H]1C[C@@H]([C@H](C)CC=C)OC1O. The quantitative estimate of drug-likeness (QED) is 0.169. The lowest BCUT2D eigenvalue weighted by Crippen LogP contribution is -2.69. The Balaban J connectivity index is 1.79. The monoisotopic (exact) mass is 570 g/mol. The number of aliphatic hydroxyl groups excluding tert-OH is 1. The van der Waals surface area contributed by atoms with Crippen LogP contribution in [0.3, 0.4) is 0 Å². The molecule has 1 aliphatic heterocycles. The predicted molar refractivity (Wildman–Crippen MR) is 167 cm³/mol. The molecule has 3 aromatic carbocycles. The van der Waals surface area contributed by atoms with Gasteiger partial charge in [-0.05, 0) is 45.8 Å². The van der Waals surface area contributed by atoms with Crippen LogP contribution >= 0.6 is 0 Å². The highest BCUT2D eigenvalue weighted by molar-refractivity contribution is 7.00. The summed E-state index contributed by atoms with van der Waals surface area (Å²) in [7, 11) is -3.02. The zero-order chi connectivity index (χ0) is 29.6.